The summed E-state index contributed by atoms with van der Waals surface area (Å²) in [5.41, 5.74) is -1.16. The van der Waals surface area contributed by atoms with Gasteiger partial charge in [-0.15, -0.1) is 0 Å². The smallest absolute Gasteiger partial charge is 0.311 e. The van der Waals surface area contributed by atoms with Crippen molar-refractivity contribution in [3.05, 3.63) is 0 Å². The van der Waals surface area contributed by atoms with Crippen molar-refractivity contribution in [2.45, 2.75) is 39.2 Å². The van der Waals surface area contributed by atoms with Gasteiger partial charge in [-0.1, -0.05) is 13.3 Å². The number of carbonyl (C=O) groups excluding carboxylic acids is 1. The zero-order chi connectivity index (χ0) is 11.9. The van der Waals surface area contributed by atoms with Crippen molar-refractivity contribution in [1.29, 1.82) is 0 Å². The van der Waals surface area contributed by atoms with E-state index in [1.165, 1.54) is 7.11 Å². The highest BCUT2D eigenvalue weighted by molar-refractivity contribution is 5.73. The summed E-state index contributed by atoms with van der Waals surface area (Å²) in [7, 11) is 1.50. The van der Waals surface area contributed by atoms with Gasteiger partial charge < -0.3 is 14.6 Å². The first kappa shape index (κ1) is 14.4. The first-order chi connectivity index (χ1) is 6.99. The Bertz CT molecular complexity index is 189. The van der Waals surface area contributed by atoms with Crippen LogP contribution < -0.4 is 0 Å². The molecule has 0 rings (SSSR count). The number of carbonyl (C=O) groups is 1. The molecule has 0 aromatic heterocycles. The zero-order valence-corrected chi connectivity index (χ0v) is 10.1. The monoisotopic (exact) mass is 218 g/mol. The largest absolute Gasteiger partial charge is 0.466 e. The Labute approximate surface area is 91.6 Å². The second-order valence-corrected chi connectivity index (χ2v) is 3.88. The van der Waals surface area contributed by atoms with E-state index in [9.17, 15) is 9.90 Å². The molecule has 2 unspecified atom stereocenters. The molecule has 0 aromatic carbocycles. The highest BCUT2D eigenvalue weighted by Crippen LogP contribution is 2.24. The maximum Gasteiger partial charge on any atom is 0.311 e. The van der Waals surface area contributed by atoms with Gasteiger partial charge in [0.05, 0.1) is 24.7 Å². The number of aliphatic hydroxyl groups is 1. The van der Waals surface area contributed by atoms with Crippen molar-refractivity contribution >= 4 is 5.97 Å². The molecule has 0 radical (unpaired) electrons. The topological polar surface area (TPSA) is 55.8 Å². The second-order valence-electron chi connectivity index (χ2n) is 3.88. The van der Waals surface area contributed by atoms with Crippen LogP contribution >= 0.6 is 0 Å². The van der Waals surface area contributed by atoms with E-state index < -0.39 is 11.5 Å². The fourth-order valence-electron chi connectivity index (χ4n) is 1.61. The normalized spacial score (nSPS) is 16.9. The van der Waals surface area contributed by atoms with Crippen molar-refractivity contribution in [2.24, 2.45) is 5.92 Å². The Kier molecular flexibility index (Phi) is 6.52. The Balaban J connectivity index is 4.55. The molecule has 4 heteroatoms. The molecular formula is C11H22O4. The minimum Gasteiger partial charge on any atom is -0.466 e. The summed E-state index contributed by atoms with van der Waals surface area (Å²) in [5.74, 6) is -0.858. The molecule has 0 spiro atoms. The summed E-state index contributed by atoms with van der Waals surface area (Å²) < 4.78 is 9.84. The molecule has 0 heterocycles. The lowest BCUT2D eigenvalue weighted by Crippen LogP contribution is -2.44. The van der Waals surface area contributed by atoms with Crippen LogP contribution in [0.25, 0.3) is 0 Å². The third kappa shape index (κ3) is 4.62. The van der Waals surface area contributed by atoms with Gasteiger partial charge in [0.15, 0.2) is 0 Å². The molecule has 0 aliphatic carbocycles. The minimum atomic E-state index is -1.16. The van der Waals surface area contributed by atoms with Crippen molar-refractivity contribution in [3.8, 4) is 0 Å². The van der Waals surface area contributed by atoms with E-state index in [1.54, 1.807) is 13.8 Å². The number of ether oxygens (including phenoxy) is 2. The van der Waals surface area contributed by atoms with Crippen molar-refractivity contribution in [1.82, 2.24) is 0 Å². The Morgan fingerprint density at radius 2 is 2.07 bits per heavy atom. The van der Waals surface area contributed by atoms with Crippen LogP contribution in [0.15, 0.2) is 0 Å². The van der Waals surface area contributed by atoms with Crippen LogP contribution in [0.1, 0.15) is 33.6 Å². The van der Waals surface area contributed by atoms with Gasteiger partial charge in [0.25, 0.3) is 0 Å². The van der Waals surface area contributed by atoms with Gasteiger partial charge in [-0.25, -0.2) is 0 Å². The van der Waals surface area contributed by atoms with Crippen molar-refractivity contribution in [2.75, 3.05) is 20.3 Å². The molecule has 90 valence electrons. The van der Waals surface area contributed by atoms with Gasteiger partial charge in [0.1, 0.15) is 0 Å². The van der Waals surface area contributed by atoms with E-state index in [0.29, 0.717) is 13.0 Å². The summed E-state index contributed by atoms with van der Waals surface area (Å²) in [6, 6.07) is 0. The molecule has 0 saturated heterocycles. The number of hydrogen-bond acceptors (Lipinski definition) is 4. The standard InChI is InChI=1S/C11H22O4/c1-5-7-9(10(12)15-6-2)11(3,13)8-14-4/h9,13H,5-8H2,1-4H3. The van der Waals surface area contributed by atoms with Crippen molar-refractivity contribution < 1.29 is 19.4 Å². The minimum absolute atomic E-state index is 0.135. The highest BCUT2D eigenvalue weighted by atomic mass is 16.5. The first-order valence-corrected chi connectivity index (χ1v) is 5.37. The molecule has 1 N–H and O–H groups in total. The first-order valence-electron chi connectivity index (χ1n) is 5.37. The zero-order valence-electron chi connectivity index (χ0n) is 10.1. The van der Waals surface area contributed by atoms with Gasteiger partial charge in [-0.2, -0.15) is 0 Å². The number of esters is 1. The summed E-state index contributed by atoms with van der Waals surface area (Å²) >= 11 is 0. The van der Waals surface area contributed by atoms with Crippen LogP contribution in [0.5, 0.6) is 0 Å². The molecule has 2 atom stereocenters. The molecule has 0 amide bonds. The van der Waals surface area contributed by atoms with Crippen LogP contribution in [0.4, 0.5) is 0 Å². The predicted octanol–water partition coefficient (Wildman–Crippen LogP) is 1.36. The van der Waals surface area contributed by atoms with Crippen LogP contribution in [-0.4, -0.2) is 37.0 Å². The summed E-state index contributed by atoms with van der Waals surface area (Å²) in [5, 5.41) is 10.1. The van der Waals surface area contributed by atoms with Gasteiger partial charge in [-0.3, -0.25) is 4.79 Å². The van der Waals surface area contributed by atoms with E-state index in [-0.39, 0.29) is 12.6 Å². The molecule has 0 aliphatic rings. The maximum atomic E-state index is 11.6. The Hall–Kier alpha value is -0.610. The van der Waals surface area contributed by atoms with E-state index in [2.05, 4.69) is 0 Å². The van der Waals surface area contributed by atoms with Crippen LogP contribution in [-0.2, 0) is 14.3 Å². The van der Waals surface area contributed by atoms with Gasteiger partial charge in [0.2, 0.25) is 0 Å². The van der Waals surface area contributed by atoms with Crippen molar-refractivity contribution in [3.63, 3.8) is 0 Å². The molecule has 0 aromatic rings. The summed E-state index contributed by atoms with van der Waals surface area (Å²) in [6.07, 6.45) is 1.43. The fraction of sp³-hybridized carbons (Fsp3) is 0.909. The lowest BCUT2D eigenvalue weighted by Gasteiger charge is -2.30. The molecule has 15 heavy (non-hydrogen) atoms. The lowest BCUT2D eigenvalue weighted by atomic mass is 9.86. The van der Waals surface area contributed by atoms with Crippen LogP contribution in [0, 0.1) is 5.92 Å². The lowest BCUT2D eigenvalue weighted by molar-refractivity contribution is -0.161. The van der Waals surface area contributed by atoms with Gasteiger partial charge in [-0.05, 0) is 20.3 Å². The third-order valence-electron chi connectivity index (χ3n) is 2.34. The third-order valence-corrected chi connectivity index (χ3v) is 2.34. The molecule has 0 saturated carbocycles. The van der Waals surface area contributed by atoms with Gasteiger partial charge >= 0.3 is 5.97 Å². The van der Waals surface area contributed by atoms with Crippen LogP contribution in [0.3, 0.4) is 0 Å². The van der Waals surface area contributed by atoms with E-state index in [4.69, 9.17) is 9.47 Å². The number of rotatable bonds is 7. The quantitative estimate of drug-likeness (QED) is 0.656. The molecule has 0 fully saturated rings. The van der Waals surface area contributed by atoms with Gasteiger partial charge in [0, 0.05) is 7.11 Å². The number of hydrogen-bond donors (Lipinski definition) is 1. The van der Waals surface area contributed by atoms with E-state index >= 15 is 0 Å². The molecule has 0 aliphatic heterocycles. The fourth-order valence-corrected chi connectivity index (χ4v) is 1.61. The SMILES string of the molecule is CCCC(C(=O)OCC)C(C)(O)COC. The second kappa shape index (κ2) is 6.80. The average Bonchev–Trinajstić information content (AvgIpc) is 2.14. The molecular weight excluding hydrogens is 196 g/mol. The summed E-state index contributed by atoms with van der Waals surface area (Å²) in [6.45, 7) is 5.80. The maximum absolute atomic E-state index is 11.6. The molecule has 0 bridgehead atoms. The van der Waals surface area contributed by atoms with E-state index in [1.807, 2.05) is 6.92 Å². The highest BCUT2D eigenvalue weighted by Gasteiger charge is 2.37. The summed E-state index contributed by atoms with van der Waals surface area (Å²) in [4.78, 5) is 11.6. The van der Waals surface area contributed by atoms with Crippen LogP contribution in [0.2, 0.25) is 0 Å². The molecule has 4 nitrogen and oxygen atoms in total. The Morgan fingerprint density at radius 3 is 2.47 bits per heavy atom. The van der Waals surface area contributed by atoms with E-state index in [0.717, 1.165) is 6.42 Å². The number of methoxy groups -OCH3 is 1. The Morgan fingerprint density at radius 1 is 1.47 bits per heavy atom. The predicted molar refractivity (Wildman–Crippen MR) is 57.5 cm³/mol. The average molecular weight is 218 g/mol.